The van der Waals surface area contributed by atoms with Gasteiger partial charge in [-0.05, 0) is 22.8 Å². The van der Waals surface area contributed by atoms with E-state index in [1.165, 1.54) is 11.8 Å². The third-order valence-corrected chi connectivity index (χ3v) is 5.93. The van der Waals surface area contributed by atoms with E-state index in [1.807, 2.05) is 0 Å². The van der Waals surface area contributed by atoms with E-state index in [0.29, 0.717) is 11.4 Å². The lowest BCUT2D eigenvalue weighted by molar-refractivity contribution is -0.132. The Labute approximate surface area is 141 Å². The zero-order valence-corrected chi connectivity index (χ0v) is 14.0. The number of hydrogen-bond acceptors (Lipinski definition) is 4. The van der Waals surface area contributed by atoms with Crippen molar-refractivity contribution in [2.24, 2.45) is 11.8 Å². The van der Waals surface area contributed by atoms with Gasteiger partial charge in [0.1, 0.15) is 13.0 Å². The van der Waals surface area contributed by atoms with Gasteiger partial charge in [0.25, 0.3) is 0 Å². The maximum Gasteiger partial charge on any atom is 0.308 e. The second kappa shape index (κ2) is 4.71. The molecular weight excluding hydrogens is 305 g/mol. The second-order valence-corrected chi connectivity index (χ2v) is 7.71. The van der Waals surface area contributed by atoms with Crippen molar-refractivity contribution in [1.82, 2.24) is 0 Å². The fourth-order valence-corrected chi connectivity index (χ4v) is 5.03. The molecule has 1 aromatic rings. The molecule has 123 valence electrons. The number of nitrogens with zero attached hydrogens (tertiary/aromatic N) is 1. The summed E-state index contributed by atoms with van der Waals surface area (Å²) in [5.41, 5.74) is 0.477. The number of anilines is 1. The fraction of sp³-hybridized carbons (Fsp3) is 0.500. The first-order valence-corrected chi connectivity index (χ1v) is 8.29. The van der Waals surface area contributed by atoms with E-state index in [1.54, 1.807) is 24.3 Å². The van der Waals surface area contributed by atoms with Gasteiger partial charge in [0, 0.05) is 24.8 Å². The van der Waals surface area contributed by atoms with Crippen LogP contribution < -0.4 is 9.64 Å². The highest BCUT2D eigenvalue weighted by molar-refractivity contribution is 6.51. The Hall–Kier alpha value is -2.11. The van der Waals surface area contributed by atoms with Crippen LogP contribution in [0.25, 0.3) is 0 Å². The van der Waals surface area contributed by atoms with Crippen molar-refractivity contribution in [3.63, 3.8) is 0 Å². The summed E-state index contributed by atoms with van der Waals surface area (Å²) in [6.07, 6.45) is 1.90. The fourth-order valence-electron chi connectivity index (χ4n) is 5.03. The molecule has 3 fully saturated rings. The van der Waals surface area contributed by atoms with Gasteiger partial charge in [-0.15, -0.1) is 0 Å². The van der Waals surface area contributed by atoms with Gasteiger partial charge in [0.15, 0.2) is 0 Å². The van der Waals surface area contributed by atoms with Crippen molar-refractivity contribution in [1.29, 1.82) is 0 Å². The number of esters is 1. The molecule has 3 heterocycles. The monoisotopic (exact) mass is 324 g/mol. The van der Waals surface area contributed by atoms with Crippen molar-refractivity contribution in [3.8, 4) is 5.75 Å². The number of benzene rings is 1. The minimum atomic E-state index is -0.434. The Morgan fingerprint density at radius 3 is 2.29 bits per heavy atom. The summed E-state index contributed by atoms with van der Waals surface area (Å²) in [7, 11) is 2.23. The summed E-state index contributed by atoms with van der Waals surface area (Å²) >= 11 is 0. The predicted octanol–water partition coefficient (Wildman–Crippen LogP) is 2.59. The van der Waals surface area contributed by atoms with Crippen LogP contribution in [0.15, 0.2) is 24.3 Å². The largest absolute Gasteiger partial charge is 0.427 e. The zero-order chi connectivity index (χ0) is 17.3. The molecule has 5 nitrogen and oxygen atoms in total. The van der Waals surface area contributed by atoms with Gasteiger partial charge in [0.05, 0.1) is 5.69 Å². The molecule has 0 saturated carbocycles. The van der Waals surface area contributed by atoms with E-state index in [9.17, 15) is 14.4 Å². The summed E-state index contributed by atoms with van der Waals surface area (Å²) in [6.45, 7) is 5.50. The van der Waals surface area contributed by atoms with Crippen LogP contribution in [0.2, 0.25) is 10.6 Å². The Balaban J connectivity index is 1.73. The number of imide groups is 1. The first-order valence-electron chi connectivity index (χ1n) is 8.29. The molecule has 0 aromatic heterocycles. The van der Waals surface area contributed by atoms with E-state index in [4.69, 9.17) is 4.74 Å². The highest BCUT2D eigenvalue weighted by Gasteiger charge is 2.70. The summed E-state index contributed by atoms with van der Waals surface area (Å²) in [5, 5.41) is -0.400. The molecule has 3 aliphatic rings. The quantitative estimate of drug-likeness (QED) is 0.363. The molecule has 4 rings (SSSR count). The van der Waals surface area contributed by atoms with Gasteiger partial charge in [-0.2, -0.15) is 0 Å². The molecule has 4 atom stereocenters. The van der Waals surface area contributed by atoms with Crippen LogP contribution in [0.4, 0.5) is 5.69 Å². The van der Waals surface area contributed by atoms with Crippen LogP contribution in [0.3, 0.4) is 0 Å². The van der Waals surface area contributed by atoms with Crippen LogP contribution in [-0.2, 0) is 14.4 Å². The lowest BCUT2D eigenvalue weighted by atomic mass is 9.49. The van der Waals surface area contributed by atoms with Crippen molar-refractivity contribution in [2.75, 3.05) is 4.90 Å². The van der Waals surface area contributed by atoms with Crippen LogP contribution in [0, 0.1) is 11.8 Å². The minimum absolute atomic E-state index is 0.132. The third kappa shape index (κ3) is 1.92. The van der Waals surface area contributed by atoms with Gasteiger partial charge in [-0.1, -0.05) is 32.8 Å². The van der Waals surface area contributed by atoms with Gasteiger partial charge in [0.2, 0.25) is 11.8 Å². The summed E-state index contributed by atoms with van der Waals surface area (Å²) in [5.74, 6) is -0.915. The minimum Gasteiger partial charge on any atom is -0.427 e. The summed E-state index contributed by atoms with van der Waals surface area (Å²) < 4.78 is 5.08. The first kappa shape index (κ1) is 15.4. The molecule has 2 bridgehead atoms. The van der Waals surface area contributed by atoms with Gasteiger partial charge >= 0.3 is 5.97 Å². The number of carbonyl (C=O) groups is 3. The van der Waals surface area contributed by atoms with Crippen LogP contribution in [-0.4, -0.2) is 25.1 Å². The molecule has 24 heavy (non-hydrogen) atoms. The Morgan fingerprint density at radius 1 is 1.17 bits per heavy atom. The standard InChI is InChI=1S/C18H19BNO4/c1-10(21)24-12-6-4-5-11(9-12)20-15(22)13-14(16(20)23)18(3)8-7-17(13,2)19-18/h4-6,9,13-14H,7-8H2,1-3H3. The SMILES string of the molecule is CC(=O)Oc1cccc(N2C(=O)C3C(C2=O)C2(C)[B]C3(C)CC2)c1. The molecule has 0 N–H and O–H groups in total. The number of rotatable bonds is 2. The van der Waals surface area contributed by atoms with Crippen molar-refractivity contribution in [3.05, 3.63) is 24.3 Å². The molecule has 0 aliphatic carbocycles. The molecule has 6 heteroatoms. The van der Waals surface area contributed by atoms with Crippen molar-refractivity contribution in [2.45, 2.75) is 44.2 Å². The molecule has 3 aliphatic heterocycles. The van der Waals surface area contributed by atoms with E-state index >= 15 is 0 Å². The van der Waals surface area contributed by atoms with Gasteiger partial charge in [-0.3, -0.25) is 14.4 Å². The lowest BCUT2D eigenvalue weighted by Crippen LogP contribution is -2.35. The number of amides is 2. The zero-order valence-electron chi connectivity index (χ0n) is 14.0. The maximum atomic E-state index is 13.0. The molecule has 1 radical (unpaired) electrons. The lowest BCUT2D eigenvalue weighted by Gasteiger charge is -2.33. The van der Waals surface area contributed by atoms with Crippen LogP contribution >= 0.6 is 0 Å². The molecular formula is C18H19BNO4. The number of hydrogen-bond donors (Lipinski definition) is 0. The number of fused-ring (bicyclic) bond motifs is 5. The van der Waals surface area contributed by atoms with E-state index in [0.717, 1.165) is 12.8 Å². The van der Waals surface area contributed by atoms with Crippen molar-refractivity contribution < 1.29 is 19.1 Å². The van der Waals surface area contributed by atoms with Crippen LogP contribution in [0.1, 0.15) is 33.6 Å². The average Bonchev–Trinajstić information content (AvgIpc) is 3.03. The highest BCUT2D eigenvalue weighted by Crippen LogP contribution is 2.72. The third-order valence-electron chi connectivity index (χ3n) is 5.93. The van der Waals surface area contributed by atoms with Crippen molar-refractivity contribution >= 4 is 30.8 Å². The van der Waals surface area contributed by atoms with E-state index in [2.05, 4.69) is 21.1 Å². The molecule has 0 spiro atoms. The Bertz CT molecular complexity index is 744. The Morgan fingerprint density at radius 2 is 1.75 bits per heavy atom. The van der Waals surface area contributed by atoms with E-state index in [-0.39, 0.29) is 34.3 Å². The average molecular weight is 324 g/mol. The van der Waals surface area contributed by atoms with Gasteiger partial charge in [-0.25, -0.2) is 4.90 Å². The highest BCUT2D eigenvalue weighted by atomic mass is 16.5. The second-order valence-electron chi connectivity index (χ2n) is 7.71. The molecule has 2 amide bonds. The van der Waals surface area contributed by atoms with Gasteiger partial charge < -0.3 is 4.74 Å². The number of ether oxygens (including phenoxy) is 1. The molecule has 4 unspecified atom stereocenters. The topological polar surface area (TPSA) is 63.7 Å². The normalized spacial score (nSPS) is 36.7. The van der Waals surface area contributed by atoms with E-state index < -0.39 is 5.97 Å². The van der Waals surface area contributed by atoms with Crippen LogP contribution in [0.5, 0.6) is 5.75 Å². The predicted molar refractivity (Wildman–Crippen MR) is 88.9 cm³/mol. The first-order chi connectivity index (χ1) is 11.3. The Kier molecular flexibility index (Phi) is 3.03. The smallest absolute Gasteiger partial charge is 0.308 e. The summed E-state index contributed by atoms with van der Waals surface area (Å²) in [6, 6.07) is 6.61. The number of carbonyl (C=O) groups excluding carboxylic acids is 3. The molecule has 1 aromatic carbocycles. The summed E-state index contributed by atoms with van der Waals surface area (Å²) in [4.78, 5) is 38.5. The maximum absolute atomic E-state index is 13.0. The molecule has 3 saturated heterocycles.